The Bertz CT molecular complexity index is 568. The molecule has 4 atom stereocenters. The van der Waals surface area contributed by atoms with Crippen LogP contribution in [0, 0.1) is 17.7 Å². The van der Waals surface area contributed by atoms with Crippen molar-refractivity contribution in [2.24, 2.45) is 11.8 Å². The second kappa shape index (κ2) is 6.52. The van der Waals surface area contributed by atoms with Crippen LogP contribution in [0.1, 0.15) is 12.0 Å². The molecule has 6 heteroatoms. The summed E-state index contributed by atoms with van der Waals surface area (Å²) in [5.74, 6) is 0.0575. The lowest BCUT2D eigenvalue weighted by Crippen LogP contribution is -2.62. The number of benzene rings is 1. The second-order valence-corrected chi connectivity index (χ2v) is 6.32. The Kier molecular flexibility index (Phi) is 4.66. The third-order valence-corrected chi connectivity index (χ3v) is 4.93. The summed E-state index contributed by atoms with van der Waals surface area (Å²) < 4.78 is 23.9. The molecule has 1 aromatic carbocycles. The van der Waals surface area contributed by atoms with Crippen LogP contribution in [0.25, 0.3) is 0 Å². The molecular weight excluding hydrogens is 309 g/mol. The van der Waals surface area contributed by atoms with E-state index in [4.69, 9.17) is 21.1 Å². The van der Waals surface area contributed by atoms with Crippen molar-refractivity contribution in [2.75, 3.05) is 20.3 Å². The van der Waals surface area contributed by atoms with Crippen molar-refractivity contribution in [2.45, 2.75) is 25.0 Å². The Balaban J connectivity index is 1.61. The fraction of sp³-hybridized carbons (Fsp3) is 0.562. The van der Waals surface area contributed by atoms with Crippen LogP contribution in [-0.2, 0) is 20.7 Å². The zero-order valence-corrected chi connectivity index (χ0v) is 13.1. The van der Waals surface area contributed by atoms with Gasteiger partial charge < -0.3 is 14.8 Å². The highest BCUT2D eigenvalue weighted by Crippen LogP contribution is 2.43. The molecule has 2 aliphatic rings. The number of carbonyl (C=O) groups is 1. The van der Waals surface area contributed by atoms with Crippen molar-refractivity contribution in [3.8, 4) is 0 Å². The van der Waals surface area contributed by atoms with Gasteiger partial charge in [0.15, 0.2) is 0 Å². The molecule has 4 nitrogen and oxygen atoms in total. The first-order valence-corrected chi connectivity index (χ1v) is 7.81. The minimum Gasteiger partial charge on any atom is -0.384 e. The smallest absolute Gasteiger partial charge is 0.224 e. The molecule has 0 spiro atoms. The Labute approximate surface area is 133 Å². The zero-order chi connectivity index (χ0) is 15.7. The van der Waals surface area contributed by atoms with Gasteiger partial charge in [-0.05, 0) is 24.1 Å². The van der Waals surface area contributed by atoms with Crippen LogP contribution in [0.15, 0.2) is 18.2 Å². The summed E-state index contributed by atoms with van der Waals surface area (Å²) in [7, 11) is 1.65. The van der Waals surface area contributed by atoms with Crippen LogP contribution >= 0.6 is 11.6 Å². The molecule has 0 aromatic heterocycles. The van der Waals surface area contributed by atoms with E-state index in [2.05, 4.69) is 5.32 Å². The number of amides is 1. The molecule has 22 heavy (non-hydrogen) atoms. The maximum absolute atomic E-state index is 13.0. The third kappa shape index (κ3) is 2.98. The molecule has 0 bridgehead atoms. The van der Waals surface area contributed by atoms with Crippen LogP contribution in [0.5, 0.6) is 0 Å². The molecule has 1 N–H and O–H groups in total. The minimum absolute atomic E-state index is 0.0826. The van der Waals surface area contributed by atoms with E-state index >= 15 is 0 Å². The summed E-state index contributed by atoms with van der Waals surface area (Å²) in [5.41, 5.74) is 0.627. The Morgan fingerprint density at radius 1 is 1.55 bits per heavy atom. The van der Waals surface area contributed by atoms with Crippen LogP contribution in [0.3, 0.4) is 0 Å². The first kappa shape index (κ1) is 15.7. The van der Waals surface area contributed by atoms with Crippen molar-refractivity contribution >= 4 is 17.5 Å². The Morgan fingerprint density at radius 2 is 2.36 bits per heavy atom. The summed E-state index contributed by atoms with van der Waals surface area (Å²) in [5, 5.41) is 3.34. The summed E-state index contributed by atoms with van der Waals surface area (Å²) in [6.07, 6.45) is 1.31. The average molecular weight is 328 g/mol. The van der Waals surface area contributed by atoms with Crippen molar-refractivity contribution in [3.63, 3.8) is 0 Å². The number of hydrogen-bond donors (Lipinski definition) is 1. The number of rotatable bonds is 5. The minimum atomic E-state index is -0.403. The van der Waals surface area contributed by atoms with Gasteiger partial charge >= 0.3 is 0 Å². The number of hydrogen-bond acceptors (Lipinski definition) is 3. The molecule has 1 heterocycles. The standard InChI is InChI=1S/C16H19ClFNO3/c1-21-8-12-15(11-4-5-22-16(11)12)19-14(20)6-9-2-3-10(18)7-13(9)17/h2-3,7,11-12,15-16H,4-6,8H2,1H3,(H,19,20)/t11-,12+,15+,16-/m1/s1. The topological polar surface area (TPSA) is 47.6 Å². The summed E-state index contributed by atoms with van der Waals surface area (Å²) in [6, 6.07) is 4.17. The summed E-state index contributed by atoms with van der Waals surface area (Å²) in [4.78, 5) is 12.2. The summed E-state index contributed by atoms with van der Waals surface area (Å²) >= 11 is 5.97. The van der Waals surface area contributed by atoms with Crippen LogP contribution in [-0.4, -0.2) is 38.4 Å². The largest absolute Gasteiger partial charge is 0.384 e. The summed E-state index contributed by atoms with van der Waals surface area (Å²) in [6.45, 7) is 1.31. The van der Waals surface area contributed by atoms with Gasteiger partial charge in [-0.2, -0.15) is 0 Å². The fourth-order valence-electron chi connectivity index (χ4n) is 3.51. The molecule has 1 saturated heterocycles. The molecule has 3 rings (SSSR count). The zero-order valence-electron chi connectivity index (χ0n) is 12.4. The van der Waals surface area contributed by atoms with E-state index in [0.29, 0.717) is 18.1 Å². The second-order valence-electron chi connectivity index (χ2n) is 5.91. The first-order chi connectivity index (χ1) is 10.6. The molecule has 1 saturated carbocycles. The van der Waals surface area contributed by atoms with Crippen LogP contribution in [0.4, 0.5) is 4.39 Å². The molecule has 1 amide bonds. The number of ether oxygens (including phenoxy) is 2. The van der Waals surface area contributed by atoms with E-state index in [1.165, 1.54) is 12.1 Å². The number of nitrogens with one attached hydrogen (secondary N) is 1. The van der Waals surface area contributed by atoms with E-state index in [1.54, 1.807) is 13.2 Å². The lowest BCUT2D eigenvalue weighted by molar-refractivity contribution is -0.129. The van der Waals surface area contributed by atoms with Gasteiger partial charge in [0.2, 0.25) is 5.91 Å². The number of carbonyl (C=O) groups excluding carboxylic acids is 1. The highest BCUT2D eigenvalue weighted by Gasteiger charge is 2.54. The van der Waals surface area contributed by atoms with Gasteiger partial charge in [0.25, 0.3) is 0 Å². The molecule has 1 aliphatic carbocycles. The third-order valence-electron chi connectivity index (χ3n) is 4.58. The van der Waals surface area contributed by atoms with Gasteiger partial charge in [0.05, 0.1) is 19.1 Å². The van der Waals surface area contributed by atoms with Gasteiger partial charge in [-0.3, -0.25) is 4.79 Å². The maximum Gasteiger partial charge on any atom is 0.224 e. The van der Waals surface area contributed by atoms with Gasteiger partial charge in [0.1, 0.15) is 5.82 Å². The fourth-order valence-corrected chi connectivity index (χ4v) is 3.74. The van der Waals surface area contributed by atoms with E-state index < -0.39 is 5.82 Å². The highest BCUT2D eigenvalue weighted by molar-refractivity contribution is 6.31. The lowest BCUT2D eigenvalue weighted by Gasteiger charge is -2.47. The number of halogens is 2. The van der Waals surface area contributed by atoms with Crippen molar-refractivity contribution < 1.29 is 18.7 Å². The van der Waals surface area contributed by atoms with Gasteiger partial charge in [0, 0.05) is 36.6 Å². The molecule has 1 aromatic rings. The van der Waals surface area contributed by atoms with Gasteiger partial charge in [-0.1, -0.05) is 17.7 Å². The Morgan fingerprint density at radius 3 is 3.09 bits per heavy atom. The van der Waals surface area contributed by atoms with Crippen LogP contribution in [0.2, 0.25) is 5.02 Å². The van der Waals surface area contributed by atoms with Gasteiger partial charge in [-0.25, -0.2) is 4.39 Å². The number of methoxy groups -OCH3 is 1. The lowest BCUT2D eigenvalue weighted by atomic mass is 9.67. The quantitative estimate of drug-likeness (QED) is 0.902. The highest BCUT2D eigenvalue weighted by atomic mass is 35.5. The predicted octanol–water partition coefficient (Wildman–Crippen LogP) is 2.19. The van der Waals surface area contributed by atoms with Crippen molar-refractivity contribution in [3.05, 3.63) is 34.6 Å². The van der Waals surface area contributed by atoms with E-state index in [0.717, 1.165) is 13.0 Å². The molecule has 120 valence electrons. The molecule has 2 fully saturated rings. The Hall–Kier alpha value is -1.17. The van der Waals surface area contributed by atoms with Crippen LogP contribution < -0.4 is 5.32 Å². The van der Waals surface area contributed by atoms with E-state index in [-0.39, 0.29) is 35.4 Å². The average Bonchev–Trinajstić information content (AvgIpc) is 2.90. The first-order valence-electron chi connectivity index (χ1n) is 7.44. The monoisotopic (exact) mass is 327 g/mol. The predicted molar refractivity (Wildman–Crippen MR) is 80.3 cm³/mol. The normalized spacial score (nSPS) is 29.8. The van der Waals surface area contributed by atoms with Crippen molar-refractivity contribution in [1.29, 1.82) is 0 Å². The molecule has 0 unspecified atom stereocenters. The molecule has 1 aliphatic heterocycles. The maximum atomic E-state index is 13.0. The van der Waals surface area contributed by atoms with E-state index in [9.17, 15) is 9.18 Å². The SMILES string of the molecule is COC[C@H]1[C@@H](NC(=O)Cc2ccc(F)cc2Cl)[C@H]2CCO[C@H]21. The van der Waals surface area contributed by atoms with Crippen molar-refractivity contribution in [1.82, 2.24) is 5.32 Å². The molecular formula is C16H19ClFNO3. The number of fused-ring (bicyclic) bond motifs is 1. The molecule has 0 radical (unpaired) electrons. The van der Waals surface area contributed by atoms with E-state index in [1.807, 2.05) is 0 Å². The van der Waals surface area contributed by atoms with Gasteiger partial charge in [-0.15, -0.1) is 0 Å².